The summed E-state index contributed by atoms with van der Waals surface area (Å²) in [6.45, 7) is 7.81. The molecule has 0 amide bonds. The Balaban J connectivity index is 1.62. The summed E-state index contributed by atoms with van der Waals surface area (Å²) in [5, 5.41) is 9.03. The molecule has 0 atom stereocenters. The van der Waals surface area contributed by atoms with Crippen molar-refractivity contribution in [1.82, 2.24) is 15.5 Å². The van der Waals surface area contributed by atoms with Gasteiger partial charge >= 0.3 is 0 Å². The van der Waals surface area contributed by atoms with Crippen molar-refractivity contribution in [3.8, 4) is 0 Å². The SMILES string of the molecule is CCCCNC(=NC)NCC1CCN(Cc2cccs2)CC1. The molecule has 4 nitrogen and oxygen atoms in total. The molecule has 1 aromatic heterocycles. The van der Waals surface area contributed by atoms with Crippen LogP contribution in [0.4, 0.5) is 0 Å². The lowest BCUT2D eigenvalue weighted by Crippen LogP contribution is -2.42. The Labute approximate surface area is 139 Å². The minimum atomic E-state index is 0.768. The van der Waals surface area contributed by atoms with Gasteiger partial charge in [0.15, 0.2) is 5.96 Å². The molecule has 2 rings (SSSR count). The topological polar surface area (TPSA) is 39.7 Å². The lowest BCUT2D eigenvalue weighted by Gasteiger charge is -2.32. The van der Waals surface area contributed by atoms with Crippen LogP contribution >= 0.6 is 11.3 Å². The number of aliphatic imine (C=N–C) groups is 1. The van der Waals surface area contributed by atoms with E-state index in [4.69, 9.17) is 0 Å². The van der Waals surface area contributed by atoms with Crippen LogP contribution in [0.5, 0.6) is 0 Å². The quantitative estimate of drug-likeness (QED) is 0.461. The number of nitrogens with zero attached hydrogens (tertiary/aromatic N) is 2. The van der Waals surface area contributed by atoms with Crippen molar-refractivity contribution in [2.45, 2.75) is 39.2 Å². The van der Waals surface area contributed by atoms with E-state index in [1.54, 1.807) is 0 Å². The largest absolute Gasteiger partial charge is 0.356 e. The van der Waals surface area contributed by atoms with Gasteiger partial charge in [-0.1, -0.05) is 19.4 Å². The zero-order valence-corrected chi connectivity index (χ0v) is 14.8. The monoisotopic (exact) mass is 322 g/mol. The normalized spacial score (nSPS) is 17.6. The molecule has 1 fully saturated rings. The lowest BCUT2D eigenvalue weighted by atomic mass is 9.97. The second-order valence-corrected chi connectivity index (χ2v) is 7.06. The predicted molar refractivity (Wildman–Crippen MR) is 96.6 cm³/mol. The summed E-state index contributed by atoms with van der Waals surface area (Å²) in [5.41, 5.74) is 0. The Morgan fingerprint density at radius 3 is 2.82 bits per heavy atom. The van der Waals surface area contributed by atoms with Gasteiger partial charge in [0, 0.05) is 31.6 Å². The highest BCUT2D eigenvalue weighted by Crippen LogP contribution is 2.20. The van der Waals surface area contributed by atoms with Crippen molar-refractivity contribution in [3.63, 3.8) is 0 Å². The Bertz CT molecular complexity index is 422. The lowest BCUT2D eigenvalue weighted by molar-refractivity contribution is 0.179. The smallest absolute Gasteiger partial charge is 0.190 e. The van der Waals surface area contributed by atoms with Gasteiger partial charge in [0.1, 0.15) is 0 Å². The first-order valence-corrected chi connectivity index (χ1v) is 9.39. The number of hydrogen-bond donors (Lipinski definition) is 2. The highest BCUT2D eigenvalue weighted by molar-refractivity contribution is 7.09. The number of likely N-dealkylation sites (tertiary alicyclic amines) is 1. The molecule has 0 spiro atoms. The maximum Gasteiger partial charge on any atom is 0.190 e. The zero-order chi connectivity index (χ0) is 15.6. The van der Waals surface area contributed by atoms with E-state index in [0.29, 0.717) is 0 Å². The number of hydrogen-bond acceptors (Lipinski definition) is 3. The fourth-order valence-corrected chi connectivity index (χ4v) is 3.56. The molecular weight excluding hydrogens is 292 g/mol. The number of nitrogens with one attached hydrogen (secondary N) is 2. The molecule has 22 heavy (non-hydrogen) atoms. The molecule has 0 radical (unpaired) electrons. The van der Waals surface area contributed by atoms with Gasteiger partial charge in [0.25, 0.3) is 0 Å². The van der Waals surface area contributed by atoms with E-state index in [0.717, 1.165) is 31.5 Å². The van der Waals surface area contributed by atoms with Gasteiger partial charge in [-0.25, -0.2) is 0 Å². The Morgan fingerprint density at radius 1 is 1.36 bits per heavy atom. The van der Waals surface area contributed by atoms with Crippen LogP contribution in [0, 0.1) is 5.92 Å². The van der Waals surface area contributed by atoms with Crippen LogP contribution in [-0.2, 0) is 6.54 Å². The summed E-state index contributed by atoms with van der Waals surface area (Å²) in [5.74, 6) is 1.72. The van der Waals surface area contributed by atoms with E-state index in [1.807, 2.05) is 18.4 Å². The summed E-state index contributed by atoms with van der Waals surface area (Å²) >= 11 is 1.87. The zero-order valence-electron chi connectivity index (χ0n) is 14.0. The van der Waals surface area contributed by atoms with Crippen molar-refractivity contribution in [2.75, 3.05) is 33.2 Å². The van der Waals surface area contributed by atoms with Gasteiger partial charge in [-0.2, -0.15) is 0 Å². The molecule has 0 aliphatic carbocycles. The highest BCUT2D eigenvalue weighted by atomic mass is 32.1. The molecule has 124 valence electrons. The van der Waals surface area contributed by atoms with E-state index < -0.39 is 0 Å². The third kappa shape index (κ3) is 5.97. The van der Waals surface area contributed by atoms with Crippen molar-refractivity contribution in [1.29, 1.82) is 0 Å². The van der Waals surface area contributed by atoms with Crippen LogP contribution in [0.25, 0.3) is 0 Å². The van der Waals surface area contributed by atoms with Crippen molar-refractivity contribution < 1.29 is 0 Å². The predicted octanol–water partition coefficient (Wildman–Crippen LogP) is 2.93. The van der Waals surface area contributed by atoms with Crippen molar-refractivity contribution in [3.05, 3.63) is 22.4 Å². The third-order valence-electron chi connectivity index (χ3n) is 4.27. The van der Waals surface area contributed by atoms with Crippen LogP contribution in [0.1, 0.15) is 37.5 Å². The standard InChI is InChI=1S/C17H30N4S/c1-3-4-9-19-17(18-2)20-13-15-7-10-21(11-8-15)14-16-6-5-12-22-16/h5-6,12,15H,3-4,7-11,13-14H2,1-2H3,(H2,18,19,20). The van der Waals surface area contributed by atoms with Crippen LogP contribution in [0.2, 0.25) is 0 Å². The van der Waals surface area contributed by atoms with Gasteiger partial charge in [-0.05, 0) is 49.7 Å². The minimum absolute atomic E-state index is 0.768. The average molecular weight is 323 g/mol. The Morgan fingerprint density at radius 2 is 2.18 bits per heavy atom. The third-order valence-corrected chi connectivity index (χ3v) is 5.13. The molecule has 0 aromatic carbocycles. The van der Waals surface area contributed by atoms with E-state index in [1.165, 1.54) is 43.6 Å². The van der Waals surface area contributed by atoms with Gasteiger partial charge < -0.3 is 10.6 Å². The minimum Gasteiger partial charge on any atom is -0.356 e. The number of rotatable bonds is 7. The molecule has 1 aliphatic rings. The van der Waals surface area contributed by atoms with E-state index in [-0.39, 0.29) is 0 Å². The maximum absolute atomic E-state index is 4.29. The molecule has 0 unspecified atom stereocenters. The highest BCUT2D eigenvalue weighted by Gasteiger charge is 2.19. The van der Waals surface area contributed by atoms with E-state index in [2.05, 4.69) is 45.0 Å². The van der Waals surface area contributed by atoms with Gasteiger partial charge in [-0.15, -0.1) is 11.3 Å². The Kier molecular flexibility index (Phi) is 7.74. The van der Waals surface area contributed by atoms with E-state index in [9.17, 15) is 0 Å². The fourth-order valence-electron chi connectivity index (χ4n) is 2.82. The van der Waals surface area contributed by atoms with E-state index >= 15 is 0 Å². The summed E-state index contributed by atoms with van der Waals surface area (Å²) in [6.07, 6.45) is 4.98. The maximum atomic E-state index is 4.29. The summed E-state index contributed by atoms with van der Waals surface area (Å²) < 4.78 is 0. The molecular formula is C17H30N4S. The second-order valence-electron chi connectivity index (χ2n) is 6.03. The number of thiophene rings is 1. The van der Waals surface area contributed by atoms with Gasteiger partial charge in [0.2, 0.25) is 0 Å². The number of piperidine rings is 1. The first kappa shape index (κ1) is 17.3. The molecule has 5 heteroatoms. The molecule has 0 bridgehead atoms. The summed E-state index contributed by atoms with van der Waals surface area (Å²) in [4.78, 5) is 8.36. The van der Waals surface area contributed by atoms with Crippen LogP contribution in [-0.4, -0.2) is 44.1 Å². The first-order chi connectivity index (χ1) is 10.8. The van der Waals surface area contributed by atoms with Gasteiger partial charge in [-0.3, -0.25) is 9.89 Å². The Hall–Kier alpha value is -1.07. The molecule has 1 aromatic rings. The molecule has 0 saturated carbocycles. The van der Waals surface area contributed by atoms with Crippen LogP contribution < -0.4 is 10.6 Å². The van der Waals surface area contributed by atoms with Crippen LogP contribution in [0.15, 0.2) is 22.5 Å². The van der Waals surface area contributed by atoms with Crippen LogP contribution in [0.3, 0.4) is 0 Å². The molecule has 2 N–H and O–H groups in total. The molecule has 2 heterocycles. The summed E-state index contributed by atoms with van der Waals surface area (Å²) in [6, 6.07) is 4.39. The fraction of sp³-hybridized carbons (Fsp3) is 0.706. The summed E-state index contributed by atoms with van der Waals surface area (Å²) in [7, 11) is 1.85. The molecule has 1 aliphatic heterocycles. The number of unbranched alkanes of at least 4 members (excludes halogenated alkanes) is 1. The van der Waals surface area contributed by atoms with Crippen molar-refractivity contribution >= 4 is 17.3 Å². The van der Waals surface area contributed by atoms with Gasteiger partial charge in [0.05, 0.1) is 0 Å². The second kappa shape index (κ2) is 9.85. The van der Waals surface area contributed by atoms with Crippen molar-refractivity contribution in [2.24, 2.45) is 10.9 Å². The number of guanidine groups is 1. The molecule has 1 saturated heterocycles. The first-order valence-electron chi connectivity index (χ1n) is 8.51. The average Bonchev–Trinajstić information content (AvgIpc) is 3.05.